The highest BCUT2D eigenvalue weighted by Gasteiger charge is 2.32. The van der Waals surface area contributed by atoms with Gasteiger partial charge in [-0.2, -0.15) is 0 Å². The van der Waals surface area contributed by atoms with Gasteiger partial charge in [-0.25, -0.2) is 4.79 Å². The molecule has 0 bridgehead atoms. The van der Waals surface area contributed by atoms with Crippen LogP contribution in [-0.4, -0.2) is 34.7 Å². The molecule has 4 rings (SSSR count). The molecule has 3 aromatic carbocycles. The first-order valence-corrected chi connectivity index (χ1v) is 15.2. The van der Waals surface area contributed by atoms with Crippen LogP contribution in [0.25, 0.3) is 5.57 Å². The summed E-state index contributed by atoms with van der Waals surface area (Å²) in [7, 11) is -1.85. The molecule has 0 radical (unpaired) electrons. The van der Waals surface area contributed by atoms with Gasteiger partial charge in [-0.3, -0.25) is 24.6 Å². The molecule has 5 N–H and O–H groups in total. The summed E-state index contributed by atoms with van der Waals surface area (Å²) in [5.41, 5.74) is 3.79. The van der Waals surface area contributed by atoms with E-state index in [1.807, 2.05) is 12.1 Å². The normalized spacial score (nSPS) is 13.9. The van der Waals surface area contributed by atoms with Gasteiger partial charge in [0, 0.05) is 23.2 Å². The fourth-order valence-electron chi connectivity index (χ4n) is 4.65. The third-order valence-corrected chi connectivity index (χ3v) is 7.70. The minimum Gasteiger partial charge on any atom is -0.404 e. The summed E-state index contributed by atoms with van der Waals surface area (Å²) >= 11 is 0. The van der Waals surface area contributed by atoms with Crippen molar-refractivity contribution in [2.75, 3.05) is 16.5 Å². The Morgan fingerprint density at radius 3 is 2.38 bits per heavy atom. The van der Waals surface area contributed by atoms with Gasteiger partial charge in [0.1, 0.15) is 5.75 Å². The van der Waals surface area contributed by atoms with Crippen molar-refractivity contribution in [3.8, 4) is 5.75 Å². The number of alkyl halides is 3. The van der Waals surface area contributed by atoms with Gasteiger partial charge < -0.3 is 15.9 Å². The number of hydrogen-bond donors (Lipinski definition) is 4. The van der Waals surface area contributed by atoms with Crippen molar-refractivity contribution in [3.05, 3.63) is 89.5 Å². The number of halogens is 3. The average molecular weight is 642 g/mol. The van der Waals surface area contributed by atoms with Crippen molar-refractivity contribution < 1.29 is 31.7 Å². The van der Waals surface area contributed by atoms with Crippen LogP contribution in [0.15, 0.2) is 88.0 Å². The summed E-state index contributed by atoms with van der Waals surface area (Å²) in [6.07, 6.45) is 2.66. The molecule has 1 aliphatic carbocycles. The molecule has 0 fully saturated rings. The van der Waals surface area contributed by atoms with E-state index in [1.54, 1.807) is 24.3 Å². The number of nitrogens with zero attached hydrogens (tertiary/aromatic N) is 3. The number of anilines is 2. The number of rotatable bonds is 8. The number of hydrogen-bond acceptors (Lipinski definition) is 6. The number of carbonyl (C=O) groups is 2. The first-order chi connectivity index (χ1) is 21.4. The Balaban J connectivity index is 1.60. The lowest BCUT2D eigenvalue weighted by atomic mass is 9.93. The molecule has 1 unspecified atom stereocenters. The first-order valence-electron chi connectivity index (χ1n) is 13.6. The van der Waals surface area contributed by atoms with E-state index in [-0.39, 0.29) is 22.7 Å². The number of allylic oxidation sites excluding steroid dienone is 2. The number of guanidine groups is 1. The van der Waals surface area contributed by atoms with Crippen molar-refractivity contribution in [2.24, 2.45) is 16.2 Å². The Labute approximate surface area is 259 Å². The summed E-state index contributed by atoms with van der Waals surface area (Å²) in [5.74, 6) is 3.12. The van der Waals surface area contributed by atoms with E-state index in [4.69, 9.17) is 11.3 Å². The van der Waals surface area contributed by atoms with Crippen LogP contribution in [0.1, 0.15) is 47.2 Å². The standard InChI is InChI=1S/C30H30F3N7O4S/c1-45(43)26-17-23(13-16-25(26)44-30(31,32)33)36-29(42)40(24-14-11-21(12-15-24)20-5-3-2-4-6-20)18-19-7-9-22(10-8-19)27(41)37-28(34)38-39-35/h5,7-17H,2-4,6,18H2,1H3,(H,36,42)(H4,34,35,37,38,41). The number of urea groups is 1. The largest absolute Gasteiger partial charge is 0.573 e. The Bertz CT molecular complexity index is 1640. The Morgan fingerprint density at radius 1 is 1.07 bits per heavy atom. The number of nitrogens with two attached hydrogens (primary N) is 1. The van der Waals surface area contributed by atoms with Crippen LogP contribution >= 0.6 is 0 Å². The van der Waals surface area contributed by atoms with Crippen molar-refractivity contribution in [2.45, 2.75) is 43.5 Å². The molecule has 0 saturated carbocycles. The molecule has 11 nitrogen and oxygen atoms in total. The highest BCUT2D eigenvalue weighted by molar-refractivity contribution is 7.84. The van der Waals surface area contributed by atoms with E-state index in [0.29, 0.717) is 11.3 Å². The van der Waals surface area contributed by atoms with Gasteiger partial charge in [-0.15, -0.1) is 13.2 Å². The lowest BCUT2D eigenvalue weighted by molar-refractivity contribution is -0.275. The van der Waals surface area contributed by atoms with Crippen LogP contribution in [0.4, 0.5) is 29.3 Å². The van der Waals surface area contributed by atoms with Crippen molar-refractivity contribution in [3.63, 3.8) is 0 Å². The maximum atomic E-state index is 13.7. The van der Waals surface area contributed by atoms with E-state index in [0.717, 1.165) is 37.3 Å². The topological polar surface area (TPSA) is 162 Å². The minimum absolute atomic E-state index is 0.0504. The van der Waals surface area contributed by atoms with Gasteiger partial charge in [0.25, 0.3) is 5.91 Å². The molecule has 0 aromatic heterocycles. The Hall–Kier alpha value is -5.05. The number of benzene rings is 3. The van der Waals surface area contributed by atoms with Crippen LogP contribution in [0.3, 0.4) is 0 Å². The lowest BCUT2D eigenvalue weighted by Crippen LogP contribution is -2.34. The van der Waals surface area contributed by atoms with Crippen molar-refractivity contribution in [1.29, 1.82) is 5.41 Å². The van der Waals surface area contributed by atoms with Gasteiger partial charge in [-0.1, -0.05) is 40.7 Å². The maximum Gasteiger partial charge on any atom is 0.573 e. The smallest absolute Gasteiger partial charge is 0.404 e. The average Bonchev–Trinajstić information content (AvgIpc) is 3.00. The van der Waals surface area contributed by atoms with Crippen LogP contribution < -0.4 is 26.1 Å². The minimum atomic E-state index is -4.98. The zero-order chi connectivity index (χ0) is 32.6. The van der Waals surface area contributed by atoms with Gasteiger partial charge in [0.2, 0.25) is 5.96 Å². The fraction of sp³-hybridized carbons (Fsp3) is 0.233. The molecule has 0 saturated heterocycles. The van der Waals surface area contributed by atoms with Gasteiger partial charge >= 0.3 is 12.4 Å². The fourth-order valence-corrected chi connectivity index (χ4v) is 5.34. The molecular weight excluding hydrogens is 611 g/mol. The number of ether oxygens (including phenoxy) is 1. The molecule has 0 aliphatic heterocycles. The molecular formula is C30H30F3N7O4S. The van der Waals surface area contributed by atoms with Crippen molar-refractivity contribution in [1.82, 2.24) is 5.32 Å². The number of carbonyl (C=O) groups excluding carboxylic acids is 2. The van der Waals surface area contributed by atoms with E-state index in [2.05, 4.69) is 31.8 Å². The van der Waals surface area contributed by atoms with E-state index in [9.17, 15) is 27.0 Å². The lowest BCUT2D eigenvalue weighted by Gasteiger charge is -2.24. The maximum absolute atomic E-state index is 13.7. The van der Waals surface area contributed by atoms with Crippen LogP contribution in [-0.2, 0) is 17.3 Å². The van der Waals surface area contributed by atoms with Gasteiger partial charge in [-0.05, 0) is 84.8 Å². The Kier molecular flexibility index (Phi) is 10.7. The molecule has 3 amide bonds. The monoisotopic (exact) mass is 641 g/mol. The molecule has 15 heteroatoms. The predicted octanol–water partition coefficient (Wildman–Crippen LogP) is 6.51. The summed E-state index contributed by atoms with van der Waals surface area (Å²) in [5, 5.41) is 18.6. The quantitative estimate of drug-likeness (QED) is 0.0724. The third kappa shape index (κ3) is 9.22. The molecule has 1 atom stereocenters. The number of amides is 3. The number of nitrogens with one attached hydrogen (secondary N) is 3. The second-order valence-corrected chi connectivity index (χ2v) is 11.3. The van der Waals surface area contributed by atoms with Crippen molar-refractivity contribution >= 4 is 45.6 Å². The predicted molar refractivity (Wildman–Crippen MR) is 164 cm³/mol. The van der Waals surface area contributed by atoms with Gasteiger partial charge in [0.05, 0.1) is 22.2 Å². The summed E-state index contributed by atoms with van der Waals surface area (Å²) in [4.78, 5) is 27.2. The third-order valence-electron chi connectivity index (χ3n) is 6.76. The molecule has 236 valence electrons. The molecule has 0 spiro atoms. The van der Waals surface area contributed by atoms with Crippen LogP contribution in [0, 0.1) is 5.41 Å². The molecule has 1 aliphatic rings. The van der Waals surface area contributed by atoms with E-state index >= 15 is 0 Å². The highest BCUT2D eigenvalue weighted by atomic mass is 32.2. The molecule has 0 heterocycles. The van der Waals surface area contributed by atoms with E-state index in [1.165, 1.54) is 41.0 Å². The zero-order valence-corrected chi connectivity index (χ0v) is 24.9. The first kappa shape index (κ1) is 32.9. The van der Waals surface area contributed by atoms with E-state index < -0.39 is 40.8 Å². The second kappa shape index (κ2) is 14.6. The zero-order valence-electron chi connectivity index (χ0n) is 24.1. The molecule has 3 aromatic rings. The van der Waals surface area contributed by atoms with Gasteiger partial charge in [0.15, 0.2) is 0 Å². The summed E-state index contributed by atoms with van der Waals surface area (Å²) in [6.45, 7) is 0.0504. The van der Waals surface area contributed by atoms with Crippen LogP contribution in [0.5, 0.6) is 5.75 Å². The SMILES string of the molecule is CS(=O)c1cc(NC(=O)N(Cc2ccc(C(=O)NC(=N)N=NN)cc2)c2ccc(C3=CCCCC3)cc2)ccc1OC(F)(F)F. The summed E-state index contributed by atoms with van der Waals surface area (Å²) in [6, 6.07) is 16.5. The molecule has 45 heavy (non-hydrogen) atoms. The highest BCUT2D eigenvalue weighted by Crippen LogP contribution is 2.32. The Morgan fingerprint density at radius 2 is 1.78 bits per heavy atom. The second-order valence-electron chi connectivity index (χ2n) is 9.92. The van der Waals surface area contributed by atoms with Crippen LogP contribution in [0.2, 0.25) is 0 Å². The summed E-state index contributed by atoms with van der Waals surface area (Å²) < 4.78 is 54.8.